The lowest BCUT2D eigenvalue weighted by Crippen LogP contribution is -2.25. The maximum absolute atomic E-state index is 12.9. The van der Waals surface area contributed by atoms with Gasteiger partial charge in [-0.15, -0.1) is 0 Å². The number of fused-ring (bicyclic) bond motifs is 2. The molecule has 0 spiro atoms. The summed E-state index contributed by atoms with van der Waals surface area (Å²) >= 11 is 0. The number of hydrogen-bond acceptors (Lipinski definition) is 9. The van der Waals surface area contributed by atoms with Crippen molar-refractivity contribution >= 4 is 49.7 Å². The van der Waals surface area contributed by atoms with Crippen molar-refractivity contribution in [3.05, 3.63) is 117 Å². The first-order chi connectivity index (χ1) is 20.2. The molecule has 0 radical (unpaired) electrons. The molecule has 0 unspecified atom stereocenters. The van der Waals surface area contributed by atoms with Crippen molar-refractivity contribution in [2.45, 2.75) is 11.4 Å². The number of non-ortho nitro benzene ring substituents is 1. The Morgan fingerprint density at radius 2 is 1.57 bits per heavy atom. The molecular weight excluding hydrogens is 564 g/mol. The Hall–Kier alpha value is -5.56. The zero-order chi connectivity index (χ0) is 29.9. The van der Waals surface area contributed by atoms with Crippen LogP contribution in [0.15, 0.2) is 106 Å². The molecule has 12 nitrogen and oxygen atoms in total. The Labute approximate surface area is 238 Å². The average Bonchev–Trinajstić information content (AvgIpc) is 3.00. The maximum atomic E-state index is 12.9. The smallest absolute Gasteiger partial charge is 0.339 e. The van der Waals surface area contributed by atoms with E-state index in [1.807, 2.05) is 0 Å². The van der Waals surface area contributed by atoms with Crippen LogP contribution >= 0.6 is 0 Å². The molecule has 1 aromatic heterocycles. The van der Waals surface area contributed by atoms with E-state index in [0.29, 0.717) is 27.4 Å². The summed E-state index contributed by atoms with van der Waals surface area (Å²) in [6.07, 6.45) is 1.34. The number of benzene rings is 4. The SMILES string of the molecule is COc1cc(/C=N\NC(=O)Cn2c3ccccc3c(=O)c3ccccc32)ccc1OS(=O)(=O)c1ccc([N+](=O)[O-])cc1. The van der Waals surface area contributed by atoms with Crippen LogP contribution in [0.3, 0.4) is 0 Å². The van der Waals surface area contributed by atoms with Crippen molar-refractivity contribution in [3.8, 4) is 11.5 Å². The molecule has 4 aromatic carbocycles. The van der Waals surface area contributed by atoms with E-state index in [1.165, 1.54) is 31.5 Å². The molecule has 212 valence electrons. The predicted octanol–water partition coefficient (Wildman–Crippen LogP) is 3.99. The molecule has 1 heterocycles. The Kier molecular flexibility index (Phi) is 7.67. The average molecular weight is 587 g/mol. The third-order valence-corrected chi connectivity index (χ3v) is 7.56. The number of nitrogens with one attached hydrogen (secondary N) is 1. The molecule has 0 atom stereocenters. The molecule has 0 aliphatic heterocycles. The molecule has 5 aromatic rings. The van der Waals surface area contributed by atoms with E-state index in [9.17, 15) is 28.1 Å². The fraction of sp³-hybridized carbons (Fsp3) is 0.0690. The lowest BCUT2D eigenvalue weighted by molar-refractivity contribution is -0.384. The highest BCUT2D eigenvalue weighted by Crippen LogP contribution is 2.31. The molecule has 0 aliphatic rings. The predicted molar refractivity (Wildman–Crippen MR) is 155 cm³/mol. The van der Waals surface area contributed by atoms with Crippen LogP contribution in [-0.4, -0.2) is 37.1 Å². The van der Waals surface area contributed by atoms with Gasteiger partial charge in [-0.3, -0.25) is 19.7 Å². The number of rotatable bonds is 9. The quantitative estimate of drug-likeness (QED) is 0.0892. The normalized spacial score (nSPS) is 11.5. The molecule has 0 bridgehead atoms. The molecule has 13 heteroatoms. The van der Waals surface area contributed by atoms with Gasteiger partial charge in [0.2, 0.25) is 0 Å². The maximum Gasteiger partial charge on any atom is 0.339 e. The summed E-state index contributed by atoms with van der Waals surface area (Å²) in [5.41, 5.74) is 3.78. The van der Waals surface area contributed by atoms with Gasteiger partial charge in [0.15, 0.2) is 16.9 Å². The van der Waals surface area contributed by atoms with Gasteiger partial charge in [0, 0.05) is 22.9 Å². The lowest BCUT2D eigenvalue weighted by Gasteiger charge is -2.14. The van der Waals surface area contributed by atoms with Crippen LogP contribution in [0, 0.1) is 10.1 Å². The van der Waals surface area contributed by atoms with Crippen molar-refractivity contribution in [2.24, 2.45) is 5.10 Å². The van der Waals surface area contributed by atoms with E-state index in [1.54, 1.807) is 53.1 Å². The second kappa shape index (κ2) is 11.5. The molecule has 1 N–H and O–H groups in total. The first kappa shape index (κ1) is 28.0. The third-order valence-electron chi connectivity index (χ3n) is 6.31. The minimum Gasteiger partial charge on any atom is -0.493 e. The molecule has 0 fully saturated rings. The van der Waals surface area contributed by atoms with Gasteiger partial charge in [-0.2, -0.15) is 13.5 Å². The van der Waals surface area contributed by atoms with Gasteiger partial charge in [0.1, 0.15) is 11.4 Å². The van der Waals surface area contributed by atoms with Gasteiger partial charge < -0.3 is 13.5 Å². The van der Waals surface area contributed by atoms with Crippen LogP contribution in [0.4, 0.5) is 5.69 Å². The number of nitro benzene ring substituents is 1. The summed E-state index contributed by atoms with van der Waals surface area (Å²) in [6, 6.07) is 22.7. The van der Waals surface area contributed by atoms with Crippen LogP contribution < -0.4 is 19.8 Å². The first-order valence-electron chi connectivity index (χ1n) is 12.4. The fourth-order valence-electron chi connectivity index (χ4n) is 4.34. The van der Waals surface area contributed by atoms with Crippen LogP contribution in [-0.2, 0) is 21.5 Å². The van der Waals surface area contributed by atoms with Crippen LogP contribution in [0.1, 0.15) is 5.56 Å². The topological polar surface area (TPSA) is 159 Å². The van der Waals surface area contributed by atoms with E-state index < -0.39 is 20.9 Å². The van der Waals surface area contributed by atoms with E-state index in [0.717, 1.165) is 24.3 Å². The highest BCUT2D eigenvalue weighted by atomic mass is 32.2. The van der Waals surface area contributed by atoms with Gasteiger partial charge in [-0.25, -0.2) is 5.43 Å². The molecule has 1 amide bonds. The van der Waals surface area contributed by atoms with Gasteiger partial charge in [-0.05, 0) is 60.2 Å². The standard InChI is InChI=1S/C29H22N4O8S/c1-40-27-16-19(10-15-26(27)41-42(38,39)21-13-11-20(12-14-21)33(36)37)17-30-31-28(34)18-32-24-8-4-2-6-22(24)29(35)23-7-3-5-9-25(23)32/h2-17H,18H2,1H3,(H,31,34)/b30-17-. The van der Waals surface area contributed by atoms with Gasteiger partial charge >= 0.3 is 10.1 Å². The summed E-state index contributed by atoms with van der Waals surface area (Å²) in [6.45, 7) is -0.102. The summed E-state index contributed by atoms with van der Waals surface area (Å²) in [4.78, 5) is 35.6. The minimum atomic E-state index is -4.31. The Balaban J connectivity index is 1.31. The number of nitro groups is 1. The number of pyridine rings is 1. The van der Waals surface area contributed by atoms with E-state index in [2.05, 4.69) is 10.5 Å². The number of carbonyl (C=O) groups is 1. The van der Waals surface area contributed by atoms with Crippen molar-refractivity contribution in [3.63, 3.8) is 0 Å². The zero-order valence-corrected chi connectivity index (χ0v) is 22.8. The highest BCUT2D eigenvalue weighted by Gasteiger charge is 2.20. The van der Waals surface area contributed by atoms with Crippen molar-refractivity contribution < 1.29 is 27.1 Å². The second-order valence-electron chi connectivity index (χ2n) is 8.94. The molecule has 42 heavy (non-hydrogen) atoms. The van der Waals surface area contributed by atoms with Crippen molar-refractivity contribution in [1.82, 2.24) is 9.99 Å². The summed E-state index contributed by atoms with van der Waals surface area (Å²) in [7, 11) is -2.99. The molecule has 0 aliphatic carbocycles. The van der Waals surface area contributed by atoms with Crippen LogP contribution in [0.5, 0.6) is 11.5 Å². The van der Waals surface area contributed by atoms with Crippen LogP contribution in [0.2, 0.25) is 0 Å². The second-order valence-corrected chi connectivity index (χ2v) is 10.5. The summed E-state index contributed by atoms with van der Waals surface area (Å²) < 4.78 is 37.5. The summed E-state index contributed by atoms with van der Waals surface area (Å²) in [5.74, 6) is -0.484. The molecule has 0 saturated carbocycles. The molecular formula is C29H22N4O8S. The van der Waals surface area contributed by atoms with Gasteiger partial charge in [0.25, 0.3) is 11.6 Å². The Morgan fingerprint density at radius 3 is 2.17 bits per heavy atom. The third kappa shape index (κ3) is 5.67. The largest absolute Gasteiger partial charge is 0.493 e. The number of carbonyl (C=O) groups excluding carboxylic acids is 1. The minimum absolute atomic E-state index is 0.0713. The van der Waals surface area contributed by atoms with E-state index in [-0.39, 0.29) is 34.1 Å². The Bertz CT molecular complexity index is 1980. The van der Waals surface area contributed by atoms with Crippen molar-refractivity contribution in [2.75, 3.05) is 7.11 Å². The van der Waals surface area contributed by atoms with Crippen molar-refractivity contribution in [1.29, 1.82) is 0 Å². The number of methoxy groups -OCH3 is 1. The monoisotopic (exact) mass is 586 g/mol. The number of para-hydroxylation sites is 2. The Morgan fingerprint density at radius 1 is 0.952 bits per heavy atom. The lowest BCUT2D eigenvalue weighted by atomic mass is 10.1. The number of aromatic nitrogens is 1. The van der Waals surface area contributed by atoms with E-state index >= 15 is 0 Å². The number of hydrogen-bond donors (Lipinski definition) is 1. The highest BCUT2D eigenvalue weighted by molar-refractivity contribution is 7.87. The fourth-order valence-corrected chi connectivity index (χ4v) is 5.28. The number of nitrogens with zero attached hydrogens (tertiary/aromatic N) is 3. The van der Waals surface area contributed by atoms with Gasteiger partial charge in [0.05, 0.1) is 29.3 Å². The number of ether oxygens (including phenoxy) is 1. The molecule has 0 saturated heterocycles. The van der Waals surface area contributed by atoms with Crippen LogP contribution in [0.25, 0.3) is 21.8 Å². The number of amides is 1. The summed E-state index contributed by atoms with van der Waals surface area (Å²) in [5, 5.41) is 15.8. The zero-order valence-electron chi connectivity index (χ0n) is 22.0. The first-order valence-corrected chi connectivity index (χ1v) is 13.8. The van der Waals surface area contributed by atoms with Gasteiger partial charge in [-0.1, -0.05) is 24.3 Å². The number of hydrazone groups is 1. The molecule has 5 rings (SSSR count). The van der Waals surface area contributed by atoms with E-state index in [4.69, 9.17) is 8.92 Å².